The van der Waals surface area contributed by atoms with Crippen molar-refractivity contribution in [3.05, 3.63) is 48.7 Å². The fourth-order valence-corrected chi connectivity index (χ4v) is 1.38. The fourth-order valence-electron chi connectivity index (χ4n) is 1.38. The third-order valence-corrected chi connectivity index (χ3v) is 2.12. The maximum Gasteiger partial charge on any atom is 0.130 e. The van der Waals surface area contributed by atoms with E-state index in [0.717, 1.165) is 17.2 Å². The van der Waals surface area contributed by atoms with Gasteiger partial charge < -0.3 is 10.6 Å². The second kappa shape index (κ2) is 4.46. The van der Waals surface area contributed by atoms with Crippen molar-refractivity contribution in [3.63, 3.8) is 0 Å². The maximum absolute atomic E-state index is 4.21. The van der Waals surface area contributed by atoms with Gasteiger partial charge >= 0.3 is 0 Å². The molecule has 1 heterocycles. The number of anilines is 3. The van der Waals surface area contributed by atoms with Gasteiger partial charge in [0, 0.05) is 13.2 Å². The zero-order valence-corrected chi connectivity index (χ0v) is 8.57. The smallest absolute Gasteiger partial charge is 0.130 e. The molecule has 3 nitrogen and oxygen atoms in total. The van der Waals surface area contributed by atoms with Crippen molar-refractivity contribution in [3.8, 4) is 0 Å². The molecule has 2 N–H and O–H groups in total. The van der Waals surface area contributed by atoms with Gasteiger partial charge in [-0.25, -0.2) is 4.98 Å². The lowest BCUT2D eigenvalue weighted by molar-refractivity contribution is 1.31. The normalized spacial score (nSPS) is 9.67. The second-order valence-corrected chi connectivity index (χ2v) is 3.14. The summed E-state index contributed by atoms with van der Waals surface area (Å²) in [5, 5.41) is 6.38. The molecule has 1 aromatic heterocycles. The van der Waals surface area contributed by atoms with Gasteiger partial charge in [0.15, 0.2) is 0 Å². The first-order valence-corrected chi connectivity index (χ1v) is 4.85. The van der Waals surface area contributed by atoms with Gasteiger partial charge in [-0.15, -0.1) is 0 Å². The number of aromatic nitrogens is 1. The molecule has 3 heteroatoms. The summed E-state index contributed by atoms with van der Waals surface area (Å²) in [4.78, 5) is 4.21. The van der Waals surface area contributed by atoms with Crippen LogP contribution in [0.25, 0.3) is 0 Å². The molecular formula is C12H13N3. The van der Waals surface area contributed by atoms with Crippen LogP contribution in [-0.2, 0) is 0 Å². The van der Waals surface area contributed by atoms with Gasteiger partial charge in [0.05, 0.1) is 11.4 Å². The number of hydrogen-bond donors (Lipinski definition) is 2. The van der Waals surface area contributed by atoms with Crippen molar-refractivity contribution in [2.24, 2.45) is 0 Å². The summed E-state index contributed by atoms with van der Waals surface area (Å²) in [6.07, 6.45) is 1.77. The highest BCUT2D eigenvalue weighted by atomic mass is 15.0. The summed E-state index contributed by atoms with van der Waals surface area (Å²) in [6, 6.07) is 13.8. The van der Waals surface area contributed by atoms with Gasteiger partial charge in [-0.2, -0.15) is 0 Å². The summed E-state index contributed by atoms with van der Waals surface area (Å²) < 4.78 is 0. The van der Waals surface area contributed by atoms with Crippen molar-refractivity contribution in [2.75, 3.05) is 17.7 Å². The summed E-state index contributed by atoms with van der Waals surface area (Å²) in [7, 11) is 1.90. The van der Waals surface area contributed by atoms with Gasteiger partial charge in [0.1, 0.15) is 5.82 Å². The molecule has 0 radical (unpaired) electrons. The van der Waals surface area contributed by atoms with Crippen LogP contribution in [0.3, 0.4) is 0 Å². The predicted octanol–water partition coefficient (Wildman–Crippen LogP) is 2.87. The van der Waals surface area contributed by atoms with E-state index in [0.29, 0.717) is 0 Å². The molecule has 76 valence electrons. The maximum atomic E-state index is 4.21. The van der Waals surface area contributed by atoms with Crippen LogP contribution in [0.1, 0.15) is 0 Å². The average Bonchev–Trinajstić information content (AvgIpc) is 2.31. The Hall–Kier alpha value is -2.03. The van der Waals surface area contributed by atoms with Crippen molar-refractivity contribution >= 4 is 17.2 Å². The third-order valence-electron chi connectivity index (χ3n) is 2.12. The Morgan fingerprint density at radius 3 is 2.33 bits per heavy atom. The number of pyridine rings is 1. The molecule has 0 bridgehead atoms. The molecular weight excluding hydrogens is 186 g/mol. The average molecular weight is 199 g/mol. The van der Waals surface area contributed by atoms with Crippen molar-refractivity contribution < 1.29 is 0 Å². The topological polar surface area (TPSA) is 37.0 Å². The number of hydrogen-bond acceptors (Lipinski definition) is 3. The van der Waals surface area contributed by atoms with E-state index in [1.807, 2.05) is 49.5 Å². The minimum atomic E-state index is 0.847. The highest BCUT2D eigenvalue weighted by Gasteiger charge is 1.99. The molecule has 0 amide bonds. The van der Waals surface area contributed by atoms with Crippen molar-refractivity contribution in [1.82, 2.24) is 4.98 Å². The third kappa shape index (κ3) is 2.26. The van der Waals surface area contributed by atoms with Crippen LogP contribution >= 0.6 is 0 Å². The molecule has 2 aromatic rings. The Morgan fingerprint density at radius 1 is 0.933 bits per heavy atom. The molecule has 0 unspecified atom stereocenters. The van der Waals surface area contributed by atoms with Crippen LogP contribution in [0.2, 0.25) is 0 Å². The molecule has 0 fully saturated rings. The minimum absolute atomic E-state index is 0.847. The number of rotatable bonds is 3. The lowest BCUT2D eigenvalue weighted by Gasteiger charge is -2.10. The summed E-state index contributed by atoms with van der Waals surface area (Å²) in [5.41, 5.74) is 2.09. The van der Waals surface area contributed by atoms with Gasteiger partial charge in [-0.3, -0.25) is 0 Å². The molecule has 0 aliphatic carbocycles. The summed E-state index contributed by atoms with van der Waals surface area (Å²) >= 11 is 0. The van der Waals surface area contributed by atoms with Crippen molar-refractivity contribution in [1.29, 1.82) is 0 Å². The highest BCUT2D eigenvalue weighted by Crippen LogP contribution is 2.23. The van der Waals surface area contributed by atoms with Gasteiger partial charge in [-0.05, 0) is 24.3 Å². The van der Waals surface area contributed by atoms with E-state index in [-0.39, 0.29) is 0 Å². The molecule has 0 atom stereocenters. The van der Waals surface area contributed by atoms with E-state index < -0.39 is 0 Å². The molecule has 2 rings (SSSR count). The van der Waals surface area contributed by atoms with Crippen LogP contribution in [-0.4, -0.2) is 12.0 Å². The predicted molar refractivity (Wildman–Crippen MR) is 63.5 cm³/mol. The fraction of sp³-hybridized carbons (Fsp3) is 0.0833. The van der Waals surface area contributed by atoms with Gasteiger partial charge in [-0.1, -0.05) is 18.2 Å². The van der Waals surface area contributed by atoms with E-state index >= 15 is 0 Å². The van der Waals surface area contributed by atoms with E-state index in [2.05, 4.69) is 15.6 Å². The summed E-state index contributed by atoms with van der Waals surface area (Å²) in [5.74, 6) is 0.847. The van der Waals surface area contributed by atoms with Gasteiger partial charge in [0.25, 0.3) is 0 Å². The monoisotopic (exact) mass is 199 g/mol. The first-order chi connectivity index (χ1) is 7.40. The molecule has 0 aliphatic rings. The van der Waals surface area contributed by atoms with E-state index in [1.165, 1.54) is 0 Å². The second-order valence-electron chi connectivity index (χ2n) is 3.14. The van der Waals surface area contributed by atoms with Crippen LogP contribution in [0.4, 0.5) is 17.2 Å². The first-order valence-electron chi connectivity index (χ1n) is 4.85. The highest BCUT2D eigenvalue weighted by molar-refractivity contribution is 5.72. The minimum Gasteiger partial charge on any atom is -0.386 e. The largest absolute Gasteiger partial charge is 0.386 e. The summed E-state index contributed by atoms with van der Waals surface area (Å²) in [6.45, 7) is 0. The number of benzene rings is 1. The van der Waals surface area contributed by atoms with Crippen LogP contribution < -0.4 is 10.6 Å². The van der Waals surface area contributed by atoms with Crippen LogP contribution in [0.15, 0.2) is 48.7 Å². The Balaban J connectivity index is 2.24. The molecule has 15 heavy (non-hydrogen) atoms. The van der Waals surface area contributed by atoms with Crippen molar-refractivity contribution in [2.45, 2.75) is 0 Å². The lowest BCUT2D eigenvalue weighted by atomic mass is 10.2. The Morgan fingerprint density at radius 2 is 1.67 bits per heavy atom. The number of nitrogens with one attached hydrogen (secondary N) is 2. The number of para-hydroxylation sites is 2. The lowest BCUT2D eigenvalue weighted by Crippen LogP contribution is -1.97. The van der Waals surface area contributed by atoms with E-state index in [1.54, 1.807) is 6.20 Å². The Bertz CT molecular complexity index is 426. The first kappa shape index (κ1) is 9.52. The Labute approximate surface area is 89.2 Å². The Kier molecular flexibility index (Phi) is 2.83. The zero-order chi connectivity index (χ0) is 10.5. The number of nitrogens with zero attached hydrogens (tertiary/aromatic N) is 1. The molecule has 1 aromatic carbocycles. The van der Waals surface area contributed by atoms with E-state index in [4.69, 9.17) is 0 Å². The quantitative estimate of drug-likeness (QED) is 0.798. The van der Waals surface area contributed by atoms with Crippen LogP contribution in [0.5, 0.6) is 0 Å². The van der Waals surface area contributed by atoms with E-state index in [9.17, 15) is 0 Å². The molecule has 0 aliphatic heterocycles. The zero-order valence-electron chi connectivity index (χ0n) is 8.57. The van der Waals surface area contributed by atoms with Crippen LogP contribution in [0, 0.1) is 0 Å². The molecule has 0 spiro atoms. The van der Waals surface area contributed by atoms with Gasteiger partial charge in [0.2, 0.25) is 0 Å². The molecule has 0 saturated carbocycles. The molecule has 0 saturated heterocycles. The standard InChI is InChI=1S/C12H13N3/c1-13-10-6-2-3-7-11(10)15-12-8-4-5-9-14-12/h2-9,13H,1H3,(H,14,15). The SMILES string of the molecule is CNc1ccccc1Nc1ccccn1.